The van der Waals surface area contributed by atoms with E-state index in [9.17, 15) is 4.79 Å². The second-order valence-electron chi connectivity index (χ2n) is 3.89. The van der Waals surface area contributed by atoms with Crippen LogP contribution in [0.25, 0.3) is 0 Å². The summed E-state index contributed by atoms with van der Waals surface area (Å²) in [5.74, 6) is 0. The Balaban J connectivity index is 0. The zero-order valence-electron chi connectivity index (χ0n) is 11.4. The maximum atomic E-state index is 10.8. The number of likely N-dealkylation sites (N-methyl/N-ethyl adjacent to an activating group) is 2. The largest absolute Gasteiger partial charge is 0.352 e. The molecule has 0 atom stereocenters. The van der Waals surface area contributed by atoms with Gasteiger partial charge in [0, 0.05) is 27.2 Å². The molecule has 4 N–H and O–H groups in total. The summed E-state index contributed by atoms with van der Waals surface area (Å²) in [6, 6.07) is -0.704. The minimum atomic E-state index is -0.833. The van der Waals surface area contributed by atoms with Crippen LogP contribution in [0.15, 0.2) is 11.6 Å². The molecule has 1 rings (SSSR count). The first kappa shape index (κ1) is 17.7. The van der Waals surface area contributed by atoms with E-state index in [2.05, 4.69) is 31.4 Å². The molecule has 0 aliphatic carbocycles. The molecule has 1 heterocycles. The van der Waals surface area contributed by atoms with Crippen molar-refractivity contribution in [3.05, 3.63) is 11.6 Å². The quantitative estimate of drug-likeness (QED) is 0.622. The van der Waals surface area contributed by atoms with Gasteiger partial charge in [0.2, 0.25) is 0 Å². The molecule has 6 heteroatoms. The van der Waals surface area contributed by atoms with Gasteiger partial charge in [0.25, 0.3) is 0 Å². The number of hydrogen-bond donors (Lipinski definition) is 2. The molecule has 17 heavy (non-hydrogen) atoms. The van der Waals surface area contributed by atoms with Crippen LogP contribution in [0.3, 0.4) is 0 Å². The zero-order valence-corrected chi connectivity index (χ0v) is 11.4. The van der Waals surface area contributed by atoms with E-state index in [1.807, 2.05) is 21.0 Å². The number of urea groups is 2. The standard InChI is InChI=1S/C5H10N2O.C5H10.CH4N2O/c1-6-3-4-7(2)5(6)8;1-4-5(2)3;2-1(3)4/h3-4H2,1-2H3;4H,1-3H3;(H4,2,3,4). The molecule has 0 unspecified atom stereocenters. The van der Waals surface area contributed by atoms with Crippen molar-refractivity contribution in [2.24, 2.45) is 11.5 Å². The maximum absolute atomic E-state index is 10.8. The van der Waals surface area contributed by atoms with Crippen LogP contribution in [0, 0.1) is 0 Å². The molecule has 0 aromatic heterocycles. The molecule has 0 bridgehead atoms. The van der Waals surface area contributed by atoms with Crippen molar-refractivity contribution in [1.82, 2.24) is 9.80 Å². The van der Waals surface area contributed by atoms with Gasteiger partial charge in [-0.1, -0.05) is 11.6 Å². The van der Waals surface area contributed by atoms with Crippen LogP contribution < -0.4 is 11.5 Å². The Bertz CT molecular complexity index is 257. The van der Waals surface area contributed by atoms with E-state index in [0.717, 1.165) is 13.1 Å². The molecule has 0 radical (unpaired) electrons. The molecule has 1 aliphatic heterocycles. The summed E-state index contributed by atoms with van der Waals surface area (Å²) in [4.78, 5) is 23.2. The van der Waals surface area contributed by atoms with Crippen LogP contribution in [0.5, 0.6) is 0 Å². The molecule has 1 fully saturated rings. The van der Waals surface area contributed by atoms with Gasteiger partial charge in [0.15, 0.2) is 0 Å². The normalized spacial score (nSPS) is 13.1. The number of carbonyl (C=O) groups excluding carboxylic acids is 2. The van der Waals surface area contributed by atoms with Gasteiger partial charge >= 0.3 is 12.1 Å². The molecule has 0 saturated carbocycles. The van der Waals surface area contributed by atoms with Crippen LogP contribution in [-0.2, 0) is 0 Å². The first-order valence-corrected chi connectivity index (χ1v) is 5.33. The van der Waals surface area contributed by atoms with Crippen LogP contribution >= 0.6 is 0 Å². The highest BCUT2D eigenvalue weighted by Gasteiger charge is 2.20. The van der Waals surface area contributed by atoms with Gasteiger partial charge in [0.1, 0.15) is 0 Å². The van der Waals surface area contributed by atoms with E-state index in [0.29, 0.717) is 0 Å². The highest BCUT2D eigenvalue weighted by molar-refractivity contribution is 5.75. The lowest BCUT2D eigenvalue weighted by atomic mass is 10.3. The molecule has 100 valence electrons. The Morgan fingerprint density at radius 1 is 1.18 bits per heavy atom. The molecule has 0 spiro atoms. The lowest BCUT2D eigenvalue weighted by molar-refractivity contribution is 0.205. The average Bonchev–Trinajstić information content (AvgIpc) is 2.49. The molecule has 0 aromatic rings. The zero-order chi connectivity index (χ0) is 14.0. The molecular weight excluding hydrogens is 220 g/mol. The molecule has 0 aromatic carbocycles. The second-order valence-corrected chi connectivity index (χ2v) is 3.89. The average molecular weight is 244 g/mol. The van der Waals surface area contributed by atoms with Gasteiger partial charge in [0.05, 0.1) is 0 Å². The van der Waals surface area contributed by atoms with Crippen molar-refractivity contribution in [3.63, 3.8) is 0 Å². The Labute approximate surface area is 103 Å². The van der Waals surface area contributed by atoms with Gasteiger partial charge < -0.3 is 21.3 Å². The van der Waals surface area contributed by atoms with E-state index < -0.39 is 6.03 Å². The summed E-state index contributed by atoms with van der Waals surface area (Å²) in [7, 11) is 3.62. The van der Waals surface area contributed by atoms with Gasteiger partial charge in [-0.2, -0.15) is 0 Å². The van der Waals surface area contributed by atoms with Crippen LogP contribution in [0.1, 0.15) is 20.8 Å². The second kappa shape index (κ2) is 9.50. The number of rotatable bonds is 0. The number of allylic oxidation sites excluding steroid dienone is 2. The van der Waals surface area contributed by atoms with Crippen LogP contribution in [-0.4, -0.2) is 49.0 Å². The molecule has 1 saturated heterocycles. The Morgan fingerprint density at radius 3 is 1.47 bits per heavy atom. The number of primary amides is 2. The van der Waals surface area contributed by atoms with Crippen LogP contribution in [0.2, 0.25) is 0 Å². The third-order valence-electron chi connectivity index (χ3n) is 2.00. The van der Waals surface area contributed by atoms with E-state index in [1.54, 1.807) is 9.80 Å². The predicted octanol–water partition coefficient (Wildman–Crippen LogP) is 0.980. The van der Waals surface area contributed by atoms with Crippen molar-refractivity contribution in [1.29, 1.82) is 0 Å². The van der Waals surface area contributed by atoms with Crippen molar-refractivity contribution < 1.29 is 9.59 Å². The lowest BCUT2D eigenvalue weighted by Gasteiger charge is -2.07. The summed E-state index contributed by atoms with van der Waals surface area (Å²) in [6.45, 7) is 7.94. The van der Waals surface area contributed by atoms with Crippen molar-refractivity contribution in [3.8, 4) is 0 Å². The number of nitrogens with two attached hydrogens (primary N) is 2. The molecule has 6 nitrogen and oxygen atoms in total. The number of carbonyl (C=O) groups is 2. The fraction of sp³-hybridized carbons (Fsp3) is 0.636. The number of amides is 4. The maximum Gasteiger partial charge on any atom is 0.319 e. The minimum absolute atomic E-state index is 0.130. The minimum Gasteiger partial charge on any atom is -0.352 e. The van der Waals surface area contributed by atoms with Crippen LogP contribution in [0.4, 0.5) is 9.59 Å². The van der Waals surface area contributed by atoms with Gasteiger partial charge in [-0.15, -0.1) is 0 Å². The third-order valence-corrected chi connectivity index (χ3v) is 2.00. The SMILES string of the molecule is CC=C(C)C.CN1CCN(C)C1=O.NC(N)=O. The molecular formula is C11H24N4O2. The van der Waals surface area contributed by atoms with E-state index in [-0.39, 0.29) is 6.03 Å². The van der Waals surface area contributed by atoms with E-state index >= 15 is 0 Å². The van der Waals surface area contributed by atoms with Crippen molar-refractivity contribution in [2.75, 3.05) is 27.2 Å². The molecule has 1 aliphatic rings. The van der Waals surface area contributed by atoms with Crippen molar-refractivity contribution >= 4 is 12.1 Å². The summed E-state index contributed by atoms with van der Waals surface area (Å²) in [5.41, 5.74) is 9.88. The van der Waals surface area contributed by atoms with Gasteiger partial charge in [-0.3, -0.25) is 0 Å². The first-order valence-electron chi connectivity index (χ1n) is 5.33. The van der Waals surface area contributed by atoms with Crippen molar-refractivity contribution in [2.45, 2.75) is 20.8 Å². The van der Waals surface area contributed by atoms with E-state index in [4.69, 9.17) is 4.79 Å². The monoisotopic (exact) mass is 244 g/mol. The number of nitrogens with zero attached hydrogens (tertiary/aromatic N) is 2. The summed E-state index contributed by atoms with van der Waals surface area (Å²) in [6.07, 6.45) is 2.08. The first-order chi connectivity index (χ1) is 7.72. The summed E-state index contributed by atoms with van der Waals surface area (Å²) >= 11 is 0. The van der Waals surface area contributed by atoms with Gasteiger partial charge in [-0.25, -0.2) is 9.59 Å². The van der Waals surface area contributed by atoms with E-state index in [1.165, 1.54) is 5.57 Å². The summed E-state index contributed by atoms with van der Waals surface area (Å²) in [5, 5.41) is 0. The number of hydrogen-bond acceptors (Lipinski definition) is 2. The Kier molecular flexibility index (Phi) is 9.88. The molecule has 4 amide bonds. The Morgan fingerprint density at radius 2 is 1.41 bits per heavy atom. The predicted molar refractivity (Wildman–Crippen MR) is 69.5 cm³/mol. The lowest BCUT2D eigenvalue weighted by Crippen LogP contribution is -2.25. The van der Waals surface area contributed by atoms with Gasteiger partial charge in [-0.05, 0) is 20.8 Å². The summed E-state index contributed by atoms with van der Waals surface area (Å²) < 4.78 is 0. The smallest absolute Gasteiger partial charge is 0.319 e. The highest BCUT2D eigenvalue weighted by Crippen LogP contribution is 2.00. The topological polar surface area (TPSA) is 92.7 Å². The fourth-order valence-corrected chi connectivity index (χ4v) is 0.783. The Hall–Kier alpha value is -1.72. The third kappa shape index (κ3) is 12.2. The highest BCUT2D eigenvalue weighted by atomic mass is 16.2. The fourth-order valence-electron chi connectivity index (χ4n) is 0.783.